The molecule has 0 aromatic heterocycles. The molecule has 0 N–H and O–H groups in total. The molecule has 3 heteroatoms. The molecule has 138 valence electrons. The Kier molecular flexibility index (Phi) is 32.2. The second kappa shape index (κ2) is 26.1. The third-order valence-electron chi connectivity index (χ3n) is 3.85. The van der Waals surface area contributed by atoms with Gasteiger partial charge in [-0.2, -0.15) is 0 Å². The zero-order valence-corrected chi connectivity index (χ0v) is 16.7. The molecule has 0 saturated carbocycles. The summed E-state index contributed by atoms with van der Waals surface area (Å²) in [5.74, 6) is 0.912. The van der Waals surface area contributed by atoms with Gasteiger partial charge in [0.25, 0.3) is 0 Å². The van der Waals surface area contributed by atoms with Gasteiger partial charge in [0.05, 0.1) is 0 Å². The van der Waals surface area contributed by atoms with Crippen LogP contribution in [-0.2, 0) is 9.47 Å². The average Bonchev–Trinajstić information content (AvgIpc) is 2.50. The van der Waals surface area contributed by atoms with Crippen molar-refractivity contribution in [2.75, 3.05) is 27.4 Å². The molecule has 0 aromatic rings. The van der Waals surface area contributed by atoms with Crippen molar-refractivity contribution in [3.05, 3.63) is 0 Å². The Morgan fingerprint density at radius 2 is 1.18 bits per heavy atom. The maximum absolute atomic E-state index is 5.10. The number of hydrogen-bond donors (Lipinski definition) is 0. The lowest BCUT2D eigenvalue weighted by molar-refractivity contribution is -0.00000573. The van der Waals surface area contributed by atoms with Gasteiger partial charge < -0.3 is 21.9 Å². The molecule has 0 fully saturated rings. The third kappa shape index (κ3) is 25.2. The van der Waals surface area contributed by atoms with Crippen molar-refractivity contribution in [1.82, 2.24) is 0 Å². The maximum Gasteiger partial charge on any atom is 0.0464 e. The average molecular weight is 338 g/mol. The van der Waals surface area contributed by atoms with E-state index in [0.717, 1.165) is 19.1 Å². The molecule has 1 atom stereocenters. The van der Waals surface area contributed by atoms with E-state index in [-0.39, 0.29) is 12.4 Å². The van der Waals surface area contributed by atoms with Gasteiger partial charge >= 0.3 is 0 Å². The van der Waals surface area contributed by atoms with Gasteiger partial charge in [0.15, 0.2) is 0 Å². The zero-order valence-electron chi connectivity index (χ0n) is 16.0. The molecule has 0 aliphatic rings. The van der Waals surface area contributed by atoms with Crippen LogP contribution in [-0.4, -0.2) is 27.4 Å². The second-order valence-corrected chi connectivity index (χ2v) is 5.99. The molecule has 0 amide bonds. The number of hydrogen-bond acceptors (Lipinski definition) is 2. The summed E-state index contributed by atoms with van der Waals surface area (Å²) in [6, 6.07) is 0. The maximum atomic E-state index is 5.10. The Morgan fingerprint density at radius 3 is 1.68 bits per heavy atom. The lowest BCUT2D eigenvalue weighted by atomic mass is 9.94. The Labute approximate surface area is 147 Å². The molecule has 0 bridgehead atoms. The molecule has 0 aliphatic carbocycles. The van der Waals surface area contributed by atoms with E-state index in [9.17, 15) is 0 Å². The fourth-order valence-electron chi connectivity index (χ4n) is 2.47. The van der Waals surface area contributed by atoms with E-state index in [1.807, 2.05) is 0 Å². The third-order valence-corrected chi connectivity index (χ3v) is 3.85. The SMILES string of the molecule is CCCCC(CCC)CCOC.CCCCCCCOC.[Cl-]. The van der Waals surface area contributed by atoms with E-state index in [4.69, 9.17) is 9.47 Å². The standard InChI is InChI=1S/C11H24O.C8H18O.ClH/c1-4-6-8-11(7-5-2)9-10-12-3;1-3-4-5-6-7-8-9-2;/h11H,4-10H2,1-3H3;3-8H2,1-2H3;1H/p-1. The first-order valence-electron chi connectivity index (χ1n) is 9.24. The minimum absolute atomic E-state index is 0. The highest BCUT2D eigenvalue weighted by atomic mass is 35.5. The predicted molar refractivity (Wildman–Crippen MR) is 95.1 cm³/mol. The van der Waals surface area contributed by atoms with Crippen LogP contribution in [0.15, 0.2) is 0 Å². The summed E-state index contributed by atoms with van der Waals surface area (Å²) in [6.07, 6.45) is 14.7. The molecule has 0 saturated heterocycles. The fourth-order valence-corrected chi connectivity index (χ4v) is 2.47. The molecular weight excluding hydrogens is 296 g/mol. The van der Waals surface area contributed by atoms with Crippen LogP contribution in [0.1, 0.15) is 91.4 Å². The smallest absolute Gasteiger partial charge is 0.0464 e. The number of halogens is 1. The molecular formula is C19H42ClO2-. The quantitative estimate of drug-likeness (QED) is 0.453. The van der Waals surface area contributed by atoms with Gasteiger partial charge in [-0.25, -0.2) is 0 Å². The number of ether oxygens (including phenoxy) is 2. The Hall–Kier alpha value is 0.210. The van der Waals surface area contributed by atoms with Crippen molar-refractivity contribution < 1.29 is 21.9 Å². The topological polar surface area (TPSA) is 18.5 Å². The molecule has 0 radical (unpaired) electrons. The first kappa shape index (κ1) is 27.1. The van der Waals surface area contributed by atoms with Gasteiger partial charge in [0.1, 0.15) is 0 Å². The minimum Gasteiger partial charge on any atom is -1.00 e. The van der Waals surface area contributed by atoms with E-state index in [1.165, 1.54) is 70.6 Å². The van der Waals surface area contributed by atoms with Crippen molar-refractivity contribution in [3.8, 4) is 0 Å². The lowest BCUT2D eigenvalue weighted by Gasteiger charge is -2.14. The van der Waals surface area contributed by atoms with Crippen molar-refractivity contribution in [1.29, 1.82) is 0 Å². The highest BCUT2D eigenvalue weighted by molar-refractivity contribution is 4.58. The summed E-state index contributed by atoms with van der Waals surface area (Å²) in [5, 5.41) is 0. The van der Waals surface area contributed by atoms with Gasteiger partial charge in [-0.05, 0) is 18.8 Å². The van der Waals surface area contributed by atoms with Crippen molar-refractivity contribution >= 4 is 0 Å². The van der Waals surface area contributed by atoms with E-state index in [2.05, 4.69) is 20.8 Å². The number of unbranched alkanes of at least 4 members (excludes halogenated alkanes) is 5. The molecule has 0 aliphatic heterocycles. The lowest BCUT2D eigenvalue weighted by Crippen LogP contribution is -3.00. The molecule has 0 spiro atoms. The van der Waals surface area contributed by atoms with Crippen LogP contribution in [0.3, 0.4) is 0 Å². The van der Waals surface area contributed by atoms with Crippen LogP contribution >= 0.6 is 0 Å². The summed E-state index contributed by atoms with van der Waals surface area (Å²) in [7, 11) is 3.56. The van der Waals surface area contributed by atoms with Crippen molar-refractivity contribution in [2.45, 2.75) is 91.4 Å². The Bertz CT molecular complexity index is 152. The number of rotatable bonds is 14. The van der Waals surface area contributed by atoms with Gasteiger partial charge in [-0.15, -0.1) is 0 Å². The minimum atomic E-state index is 0. The van der Waals surface area contributed by atoms with Gasteiger partial charge in [-0.1, -0.05) is 78.6 Å². The van der Waals surface area contributed by atoms with Crippen LogP contribution in [0.2, 0.25) is 0 Å². The van der Waals surface area contributed by atoms with Crippen LogP contribution < -0.4 is 12.4 Å². The molecule has 1 unspecified atom stereocenters. The van der Waals surface area contributed by atoms with Gasteiger partial charge in [0, 0.05) is 27.4 Å². The first-order valence-corrected chi connectivity index (χ1v) is 9.24. The second-order valence-electron chi connectivity index (χ2n) is 5.99. The Balaban J connectivity index is -0.000000326. The predicted octanol–water partition coefficient (Wildman–Crippen LogP) is 3.24. The van der Waals surface area contributed by atoms with Crippen LogP contribution in [0, 0.1) is 5.92 Å². The summed E-state index contributed by atoms with van der Waals surface area (Å²) < 4.78 is 10.0. The van der Waals surface area contributed by atoms with Crippen LogP contribution in [0.4, 0.5) is 0 Å². The first-order chi connectivity index (χ1) is 10.3. The summed E-state index contributed by atoms with van der Waals surface area (Å²) in [6.45, 7) is 8.64. The van der Waals surface area contributed by atoms with E-state index < -0.39 is 0 Å². The molecule has 0 heterocycles. The van der Waals surface area contributed by atoms with Crippen molar-refractivity contribution in [3.63, 3.8) is 0 Å². The monoisotopic (exact) mass is 337 g/mol. The Morgan fingerprint density at radius 1 is 0.591 bits per heavy atom. The molecule has 0 aromatic carbocycles. The molecule has 22 heavy (non-hydrogen) atoms. The van der Waals surface area contributed by atoms with E-state index in [0.29, 0.717) is 0 Å². The fraction of sp³-hybridized carbons (Fsp3) is 1.00. The van der Waals surface area contributed by atoms with Gasteiger partial charge in [0.2, 0.25) is 0 Å². The van der Waals surface area contributed by atoms with Crippen molar-refractivity contribution in [2.24, 2.45) is 5.92 Å². The molecule has 0 rings (SSSR count). The summed E-state index contributed by atoms with van der Waals surface area (Å²) in [4.78, 5) is 0. The van der Waals surface area contributed by atoms with E-state index >= 15 is 0 Å². The van der Waals surface area contributed by atoms with Gasteiger partial charge in [-0.3, -0.25) is 0 Å². The number of methoxy groups -OCH3 is 2. The zero-order chi connectivity index (χ0) is 16.2. The highest BCUT2D eigenvalue weighted by Crippen LogP contribution is 2.18. The summed E-state index contributed by atoms with van der Waals surface area (Å²) >= 11 is 0. The van der Waals surface area contributed by atoms with E-state index in [1.54, 1.807) is 14.2 Å². The largest absolute Gasteiger partial charge is 1.00 e. The van der Waals surface area contributed by atoms with Crippen LogP contribution in [0.25, 0.3) is 0 Å². The normalized spacial score (nSPS) is 11.3. The highest BCUT2D eigenvalue weighted by Gasteiger charge is 2.05. The molecule has 2 nitrogen and oxygen atoms in total. The van der Waals surface area contributed by atoms with Crippen LogP contribution in [0.5, 0.6) is 0 Å². The summed E-state index contributed by atoms with van der Waals surface area (Å²) in [5.41, 5.74) is 0.